The Hall–Kier alpha value is -4.81. The Bertz CT molecular complexity index is 1870. The molecule has 1 unspecified atom stereocenters. The second kappa shape index (κ2) is 11.1. The number of fused-ring (bicyclic) bond motifs is 2. The number of carboxylic acids is 1. The molecule has 0 amide bonds. The molecule has 5 aromatic rings. The summed E-state index contributed by atoms with van der Waals surface area (Å²) in [6, 6.07) is 17.8. The standard InChI is InChI=1S/C30H26ClN5O7/c1-15(29(39)40)23-24(41-16(2)37)25(42-17(3)38)28(43-23)36-14-32-22-26(33-30(31)34-27(22)36)35-13-20(18-9-5-4-6-10-18)19-11-7-8-12-21(19)35/h4-15,23-25,28H,1-3H3,(H,39,40)/t15?,23-,24-,25-,28-/m1/s1. The molecule has 2 aromatic carbocycles. The highest BCUT2D eigenvalue weighted by Crippen LogP contribution is 2.40. The SMILES string of the molecule is CC(=O)O[C@@H]1[C@H](OC(C)=O)[C@@H](C(C)C(=O)O)O[C@H]1n1cnc2c(-n3cc(-c4ccccc4)c4ccccc43)nc(Cl)nc21. The second-order valence-electron chi connectivity index (χ2n) is 10.2. The first-order valence-electron chi connectivity index (χ1n) is 13.4. The predicted octanol–water partition coefficient (Wildman–Crippen LogP) is 4.57. The van der Waals surface area contributed by atoms with Gasteiger partial charge in [-0.15, -0.1) is 0 Å². The highest BCUT2D eigenvalue weighted by atomic mass is 35.5. The van der Waals surface area contributed by atoms with Crippen molar-refractivity contribution in [2.24, 2.45) is 5.92 Å². The lowest BCUT2D eigenvalue weighted by molar-refractivity contribution is -0.166. The molecule has 1 saturated heterocycles. The lowest BCUT2D eigenvalue weighted by Gasteiger charge is -2.24. The van der Waals surface area contributed by atoms with Gasteiger partial charge in [-0.2, -0.15) is 9.97 Å². The van der Waals surface area contributed by atoms with Gasteiger partial charge in [-0.3, -0.25) is 23.5 Å². The number of benzene rings is 2. The van der Waals surface area contributed by atoms with Gasteiger partial charge in [-0.05, 0) is 30.2 Å². The van der Waals surface area contributed by atoms with Crippen LogP contribution in [0, 0.1) is 5.92 Å². The van der Waals surface area contributed by atoms with Crippen LogP contribution < -0.4 is 0 Å². The van der Waals surface area contributed by atoms with Crippen molar-refractivity contribution in [2.75, 3.05) is 0 Å². The topological polar surface area (TPSA) is 148 Å². The monoisotopic (exact) mass is 603 g/mol. The van der Waals surface area contributed by atoms with Gasteiger partial charge in [0.15, 0.2) is 35.4 Å². The van der Waals surface area contributed by atoms with Crippen molar-refractivity contribution in [3.05, 3.63) is 72.4 Å². The van der Waals surface area contributed by atoms with Crippen molar-refractivity contribution in [2.45, 2.75) is 45.3 Å². The van der Waals surface area contributed by atoms with E-state index in [1.807, 2.05) is 65.4 Å². The van der Waals surface area contributed by atoms with Gasteiger partial charge in [0.25, 0.3) is 0 Å². The molecule has 0 saturated carbocycles. The minimum atomic E-state index is -1.21. The van der Waals surface area contributed by atoms with Crippen LogP contribution in [0.3, 0.4) is 0 Å². The fourth-order valence-corrected chi connectivity index (χ4v) is 5.67. The van der Waals surface area contributed by atoms with E-state index < -0.39 is 48.4 Å². The molecule has 4 heterocycles. The van der Waals surface area contributed by atoms with E-state index in [4.69, 9.17) is 25.8 Å². The summed E-state index contributed by atoms with van der Waals surface area (Å²) in [7, 11) is 0. The van der Waals surface area contributed by atoms with Gasteiger partial charge in [0.05, 0.1) is 17.8 Å². The van der Waals surface area contributed by atoms with E-state index in [9.17, 15) is 19.5 Å². The van der Waals surface area contributed by atoms with Gasteiger partial charge in [-0.1, -0.05) is 48.5 Å². The molecule has 0 aliphatic carbocycles. The number of ether oxygens (including phenoxy) is 3. The molecule has 0 spiro atoms. The maximum Gasteiger partial charge on any atom is 0.309 e. The van der Waals surface area contributed by atoms with Crippen LogP contribution in [0.25, 0.3) is 39.0 Å². The van der Waals surface area contributed by atoms with Crippen LogP contribution in [-0.2, 0) is 28.6 Å². The summed E-state index contributed by atoms with van der Waals surface area (Å²) < 4.78 is 20.5. The third-order valence-corrected chi connectivity index (χ3v) is 7.56. The summed E-state index contributed by atoms with van der Waals surface area (Å²) in [5.74, 6) is -3.27. The molecule has 6 rings (SSSR count). The first kappa shape index (κ1) is 28.3. The van der Waals surface area contributed by atoms with Crippen LogP contribution in [0.15, 0.2) is 67.1 Å². The van der Waals surface area contributed by atoms with Crippen LogP contribution in [0.4, 0.5) is 0 Å². The first-order chi connectivity index (χ1) is 20.6. The summed E-state index contributed by atoms with van der Waals surface area (Å²) in [5, 5.41) is 10.6. The number of hydrogen-bond donors (Lipinski definition) is 1. The van der Waals surface area contributed by atoms with E-state index >= 15 is 0 Å². The number of halogens is 1. The van der Waals surface area contributed by atoms with Crippen LogP contribution in [0.1, 0.15) is 27.0 Å². The van der Waals surface area contributed by atoms with E-state index in [0.717, 1.165) is 22.0 Å². The van der Waals surface area contributed by atoms with Gasteiger partial charge in [0, 0.05) is 31.0 Å². The molecule has 1 N–H and O–H groups in total. The van der Waals surface area contributed by atoms with Gasteiger partial charge in [0.2, 0.25) is 5.28 Å². The third-order valence-electron chi connectivity index (χ3n) is 7.39. The summed E-state index contributed by atoms with van der Waals surface area (Å²) in [6.45, 7) is 3.79. The minimum absolute atomic E-state index is 0.0858. The van der Waals surface area contributed by atoms with Gasteiger partial charge >= 0.3 is 17.9 Å². The maximum atomic E-state index is 12.1. The van der Waals surface area contributed by atoms with Gasteiger partial charge in [0.1, 0.15) is 6.10 Å². The van der Waals surface area contributed by atoms with Crippen molar-refractivity contribution >= 4 is 51.6 Å². The smallest absolute Gasteiger partial charge is 0.309 e. The molecule has 0 radical (unpaired) electrons. The average Bonchev–Trinajstić information content (AvgIpc) is 3.66. The van der Waals surface area contributed by atoms with Crippen molar-refractivity contribution in [3.8, 4) is 16.9 Å². The molecule has 43 heavy (non-hydrogen) atoms. The predicted molar refractivity (Wildman–Crippen MR) is 154 cm³/mol. The Morgan fingerprint density at radius 2 is 1.65 bits per heavy atom. The highest BCUT2D eigenvalue weighted by Gasteiger charge is 2.53. The van der Waals surface area contributed by atoms with E-state index in [2.05, 4.69) is 15.0 Å². The number of aliphatic carboxylic acids is 1. The number of imidazole rings is 1. The summed E-state index contributed by atoms with van der Waals surface area (Å²) in [5.41, 5.74) is 3.43. The number of hydrogen-bond acceptors (Lipinski definition) is 9. The molecule has 1 fully saturated rings. The van der Waals surface area contributed by atoms with Crippen molar-refractivity contribution in [3.63, 3.8) is 0 Å². The third kappa shape index (κ3) is 5.08. The fraction of sp³-hybridized carbons (Fsp3) is 0.267. The Morgan fingerprint density at radius 1 is 0.977 bits per heavy atom. The molecule has 0 bridgehead atoms. The molecule has 13 heteroatoms. The fourth-order valence-electron chi connectivity index (χ4n) is 5.51. The number of para-hydroxylation sites is 1. The Balaban J connectivity index is 1.51. The van der Waals surface area contributed by atoms with E-state index in [1.54, 1.807) is 0 Å². The highest BCUT2D eigenvalue weighted by molar-refractivity contribution is 6.28. The molecular weight excluding hydrogens is 578 g/mol. The lowest BCUT2D eigenvalue weighted by Crippen LogP contribution is -2.42. The number of carboxylic acid groups (broad SMARTS) is 1. The van der Waals surface area contributed by atoms with Crippen molar-refractivity contribution in [1.82, 2.24) is 24.1 Å². The van der Waals surface area contributed by atoms with Gasteiger partial charge < -0.3 is 19.3 Å². The van der Waals surface area contributed by atoms with Crippen LogP contribution in [-0.4, -0.2) is 65.4 Å². The van der Waals surface area contributed by atoms with Crippen LogP contribution in [0.5, 0.6) is 0 Å². The largest absolute Gasteiger partial charge is 0.481 e. The number of carbonyl (C=O) groups excluding carboxylic acids is 2. The number of rotatable bonds is 7. The Labute approximate surface area is 249 Å². The molecule has 220 valence electrons. The quantitative estimate of drug-likeness (QED) is 0.207. The number of aromatic nitrogens is 5. The van der Waals surface area contributed by atoms with E-state index in [1.165, 1.54) is 31.7 Å². The molecule has 1 aliphatic rings. The molecule has 3 aromatic heterocycles. The zero-order chi connectivity index (χ0) is 30.4. The first-order valence-corrected chi connectivity index (χ1v) is 13.8. The van der Waals surface area contributed by atoms with Crippen LogP contribution in [0.2, 0.25) is 5.28 Å². The van der Waals surface area contributed by atoms with E-state index in [0.29, 0.717) is 11.3 Å². The lowest BCUT2D eigenvalue weighted by atomic mass is 9.98. The van der Waals surface area contributed by atoms with E-state index in [-0.39, 0.29) is 10.9 Å². The second-order valence-corrected chi connectivity index (χ2v) is 10.5. The Kier molecular flexibility index (Phi) is 7.32. The maximum absolute atomic E-state index is 12.1. The van der Waals surface area contributed by atoms with Gasteiger partial charge in [-0.25, -0.2) is 4.98 Å². The van der Waals surface area contributed by atoms with Crippen molar-refractivity contribution in [1.29, 1.82) is 0 Å². The number of esters is 2. The molecular formula is C30H26ClN5O7. The van der Waals surface area contributed by atoms with Crippen molar-refractivity contribution < 1.29 is 33.7 Å². The average molecular weight is 604 g/mol. The summed E-state index contributed by atoms with van der Waals surface area (Å²) in [6.07, 6.45) is -1.35. The number of carbonyl (C=O) groups is 3. The number of nitrogens with zero attached hydrogens (tertiary/aromatic N) is 5. The zero-order valence-electron chi connectivity index (χ0n) is 23.2. The summed E-state index contributed by atoms with van der Waals surface area (Å²) >= 11 is 6.47. The molecule has 12 nitrogen and oxygen atoms in total. The zero-order valence-corrected chi connectivity index (χ0v) is 24.0. The normalized spacial score (nSPS) is 20.7. The Morgan fingerprint density at radius 3 is 2.35 bits per heavy atom. The van der Waals surface area contributed by atoms with Crippen LogP contribution >= 0.6 is 11.6 Å². The molecule has 1 aliphatic heterocycles. The minimum Gasteiger partial charge on any atom is -0.481 e. The molecule has 5 atom stereocenters. The summed E-state index contributed by atoms with van der Waals surface area (Å²) in [4.78, 5) is 49.6.